The first-order chi connectivity index (χ1) is 13.1. The van der Waals surface area contributed by atoms with Crippen LogP contribution >= 0.6 is 0 Å². The van der Waals surface area contributed by atoms with Crippen molar-refractivity contribution in [2.45, 2.75) is 96.3 Å². The molecule has 3 rings (SSSR count). The Morgan fingerprint density at radius 3 is 2.04 bits per heavy atom. The summed E-state index contributed by atoms with van der Waals surface area (Å²) in [4.78, 5) is 11.2. The van der Waals surface area contributed by atoms with E-state index in [1.165, 1.54) is 56.9 Å². The van der Waals surface area contributed by atoms with E-state index in [4.69, 9.17) is 0 Å². The monoisotopic (exact) mass is 370 g/mol. The molecule has 2 fully saturated rings. The van der Waals surface area contributed by atoms with Crippen LogP contribution in [0.2, 0.25) is 0 Å². The fraction of sp³-hybridized carbons (Fsp3) is 0.720. The molecule has 1 N–H and O–H groups in total. The molecule has 27 heavy (non-hydrogen) atoms. The average molecular weight is 371 g/mol. The van der Waals surface area contributed by atoms with Crippen molar-refractivity contribution in [1.82, 2.24) is 0 Å². The number of carbonyl (C=O) groups is 1. The average Bonchev–Trinajstić information content (AvgIpc) is 2.70. The molecule has 2 aliphatic carbocycles. The maximum Gasteiger partial charge on any atom is 0.306 e. The Bertz CT molecular complexity index is 587. The third kappa shape index (κ3) is 4.76. The third-order valence-electron chi connectivity index (χ3n) is 7.61. The first kappa shape index (κ1) is 20.4. The SMILES string of the molecule is CCCc1ccc([C@]2(CCC)CC[C@H]([C@H]3CC[C@H](C(=O)O)CC3)CC2)cc1. The molecule has 150 valence electrons. The van der Waals surface area contributed by atoms with Gasteiger partial charge >= 0.3 is 5.97 Å². The van der Waals surface area contributed by atoms with Crippen molar-refractivity contribution in [2.24, 2.45) is 17.8 Å². The molecule has 0 heterocycles. The number of hydrogen-bond donors (Lipinski definition) is 1. The van der Waals surface area contributed by atoms with Gasteiger partial charge in [0.1, 0.15) is 0 Å². The van der Waals surface area contributed by atoms with E-state index >= 15 is 0 Å². The molecule has 2 aliphatic rings. The smallest absolute Gasteiger partial charge is 0.306 e. The Morgan fingerprint density at radius 1 is 0.926 bits per heavy atom. The van der Waals surface area contributed by atoms with Crippen molar-refractivity contribution >= 4 is 5.97 Å². The molecule has 0 unspecified atom stereocenters. The molecule has 2 nitrogen and oxygen atoms in total. The zero-order valence-corrected chi connectivity index (χ0v) is 17.4. The molecule has 2 saturated carbocycles. The third-order valence-corrected chi connectivity index (χ3v) is 7.61. The fourth-order valence-electron chi connectivity index (χ4n) is 5.98. The molecule has 0 bridgehead atoms. The minimum Gasteiger partial charge on any atom is -0.481 e. The summed E-state index contributed by atoms with van der Waals surface area (Å²) in [7, 11) is 0. The van der Waals surface area contributed by atoms with E-state index in [1.54, 1.807) is 5.56 Å². The Balaban J connectivity index is 1.62. The second kappa shape index (κ2) is 9.26. The fourth-order valence-corrected chi connectivity index (χ4v) is 5.98. The van der Waals surface area contributed by atoms with Crippen LogP contribution in [-0.4, -0.2) is 11.1 Å². The summed E-state index contributed by atoms with van der Waals surface area (Å²) in [6, 6.07) is 9.54. The number of aliphatic carboxylic acids is 1. The van der Waals surface area contributed by atoms with Crippen LogP contribution in [-0.2, 0) is 16.6 Å². The second-order valence-corrected chi connectivity index (χ2v) is 9.26. The van der Waals surface area contributed by atoms with Crippen LogP contribution in [0.15, 0.2) is 24.3 Å². The molecule has 0 aliphatic heterocycles. The van der Waals surface area contributed by atoms with Gasteiger partial charge in [-0.3, -0.25) is 4.79 Å². The molecule has 0 radical (unpaired) electrons. The van der Waals surface area contributed by atoms with Crippen LogP contribution in [0.3, 0.4) is 0 Å². The normalized spacial score (nSPS) is 31.6. The van der Waals surface area contributed by atoms with E-state index in [0.717, 1.165) is 37.5 Å². The van der Waals surface area contributed by atoms with E-state index in [-0.39, 0.29) is 5.92 Å². The van der Waals surface area contributed by atoms with E-state index in [0.29, 0.717) is 5.41 Å². The lowest BCUT2D eigenvalue weighted by Crippen LogP contribution is -2.35. The van der Waals surface area contributed by atoms with Gasteiger partial charge in [0.2, 0.25) is 0 Å². The largest absolute Gasteiger partial charge is 0.481 e. The van der Waals surface area contributed by atoms with Gasteiger partial charge in [-0.2, -0.15) is 0 Å². The summed E-state index contributed by atoms with van der Waals surface area (Å²) in [5.41, 5.74) is 3.42. The van der Waals surface area contributed by atoms with Crippen molar-refractivity contribution < 1.29 is 9.90 Å². The zero-order chi connectivity index (χ0) is 19.3. The highest BCUT2D eigenvalue weighted by atomic mass is 16.4. The van der Waals surface area contributed by atoms with Gasteiger partial charge in [0, 0.05) is 0 Å². The number of carboxylic acids is 1. The van der Waals surface area contributed by atoms with Gasteiger partial charge in [0.15, 0.2) is 0 Å². The highest BCUT2D eigenvalue weighted by Crippen LogP contribution is 2.49. The Labute approximate surface area is 165 Å². The number of benzene rings is 1. The number of aryl methyl sites for hydroxylation is 1. The Morgan fingerprint density at radius 2 is 1.52 bits per heavy atom. The summed E-state index contributed by atoms with van der Waals surface area (Å²) in [5.74, 6) is 0.937. The van der Waals surface area contributed by atoms with Crippen molar-refractivity contribution in [1.29, 1.82) is 0 Å². The van der Waals surface area contributed by atoms with Crippen LogP contribution in [0.4, 0.5) is 0 Å². The molecule has 1 aromatic carbocycles. The molecule has 0 spiro atoms. The molecule has 1 aromatic rings. The highest BCUT2D eigenvalue weighted by molar-refractivity contribution is 5.69. The molecule has 2 heteroatoms. The van der Waals surface area contributed by atoms with Gasteiger partial charge < -0.3 is 5.11 Å². The zero-order valence-electron chi connectivity index (χ0n) is 17.4. The summed E-state index contributed by atoms with van der Waals surface area (Å²) in [5, 5.41) is 9.24. The number of hydrogen-bond acceptors (Lipinski definition) is 1. The van der Waals surface area contributed by atoms with E-state index in [9.17, 15) is 9.90 Å². The lowest BCUT2D eigenvalue weighted by Gasteiger charge is -2.44. The first-order valence-electron chi connectivity index (χ1n) is 11.4. The lowest BCUT2D eigenvalue weighted by molar-refractivity contribution is -0.143. The van der Waals surface area contributed by atoms with Gasteiger partial charge in [-0.25, -0.2) is 0 Å². The van der Waals surface area contributed by atoms with Gasteiger partial charge in [0.25, 0.3) is 0 Å². The van der Waals surface area contributed by atoms with E-state index < -0.39 is 5.97 Å². The van der Waals surface area contributed by atoms with Crippen LogP contribution in [0.25, 0.3) is 0 Å². The predicted octanol–water partition coefficient (Wildman–Crippen LogP) is 6.76. The predicted molar refractivity (Wildman–Crippen MR) is 112 cm³/mol. The Hall–Kier alpha value is -1.31. The van der Waals surface area contributed by atoms with Crippen molar-refractivity contribution in [2.75, 3.05) is 0 Å². The van der Waals surface area contributed by atoms with Crippen LogP contribution < -0.4 is 0 Å². The molecule has 0 amide bonds. The topological polar surface area (TPSA) is 37.3 Å². The summed E-state index contributed by atoms with van der Waals surface area (Å²) in [6.07, 6.45) is 14.3. The van der Waals surface area contributed by atoms with Crippen LogP contribution in [0.1, 0.15) is 95.6 Å². The number of rotatable bonds is 7. The van der Waals surface area contributed by atoms with Crippen molar-refractivity contribution in [3.8, 4) is 0 Å². The van der Waals surface area contributed by atoms with Gasteiger partial charge in [-0.1, -0.05) is 51.0 Å². The quantitative estimate of drug-likeness (QED) is 0.576. The molecule has 0 atom stereocenters. The van der Waals surface area contributed by atoms with Gasteiger partial charge in [0.05, 0.1) is 5.92 Å². The Kier molecular flexibility index (Phi) is 7.00. The first-order valence-corrected chi connectivity index (χ1v) is 11.4. The van der Waals surface area contributed by atoms with Crippen LogP contribution in [0, 0.1) is 17.8 Å². The maximum atomic E-state index is 11.2. The van der Waals surface area contributed by atoms with Gasteiger partial charge in [-0.15, -0.1) is 0 Å². The van der Waals surface area contributed by atoms with E-state index in [2.05, 4.69) is 38.1 Å². The lowest BCUT2D eigenvalue weighted by atomic mass is 9.61. The van der Waals surface area contributed by atoms with Crippen molar-refractivity contribution in [3.63, 3.8) is 0 Å². The standard InChI is InChI=1S/C25H38O2/c1-3-5-19-6-12-23(13-7-19)25(16-4-2)17-14-21(15-18-25)20-8-10-22(11-9-20)24(26)27/h6-7,12-13,20-22H,3-5,8-11,14-18H2,1-2H3,(H,26,27)/t20-,21-,22-,25+. The second-order valence-electron chi connectivity index (χ2n) is 9.26. The van der Waals surface area contributed by atoms with Crippen LogP contribution in [0.5, 0.6) is 0 Å². The maximum absolute atomic E-state index is 11.2. The van der Waals surface area contributed by atoms with Crippen molar-refractivity contribution in [3.05, 3.63) is 35.4 Å². The molecule has 0 aromatic heterocycles. The molecule has 0 saturated heterocycles. The van der Waals surface area contributed by atoms with Gasteiger partial charge in [-0.05, 0) is 92.6 Å². The minimum absolute atomic E-state index is 0.0781. The summed E-state index contributed by atoms with van der Waals surface area (Å²) < 4.78 is 0. The molecular weight excluding hydrogens is 332 g/mol. The summed E-state index contributed by atoms with van der Waals surface area (Å²) >= 11 is 0. The number of carboxylic acid groups (broad SMARTS) is 1. The molecular formula is C25H38O2. The minimum atomic E-state index is -0.578. The highest BCUT2D eigenvalue weighted by Gasteiger charge is 2.39. The van der Waals surface area contributed by atoms with E-state index in [1.807, 2.05) is 0 Å². The summed E-state index contributed by atoms with van der Waals surface area (Å²) in [6.45, 7) is 4.57.